The van der Waals surface area contributed by atoms with Crippen LogP contribution in [0.4, 0.5) is 0 Å². The van der Waals surface area contributed by atoms with Gasteiger partial charge in [0.1, 0.15) is 0 Å². The minimum Gasteiger partial charge on any atom is -0.772 e. The summed E-state index contributed by atoms with van der Waals surface area (Å²) in [6, 6.07) is 12.3. The van der Waals surface area contributed by atoms with Gasteiger partial charge in [-0.3, -0.25) is 8.42 Å². The van der Waals surface area contributed by atoms with Crippen molar-refractivity contribution in [2.24, 2.45) is 0 Å². The van der Waals surface area contributed by atoms with Crippen molar-refractivity contribution >= 4 is 33.5 Å². The molecule has 0 aliphatic carbocycles. The van der Waals surface area contributed by atoms with Crippen LogP contribution in [0, 0.1) is 0 Å². The molecule has 202 valence electrons. The molecule has 0 bridgehead atoms. The monoisotopic (exact) mass is 567 g/mol. The molecule has 5 nitrogen and oxygen atoms in total. The van der Waals surface area contributed by atoms with Gasteiger partial charge in [0.25, 0.3) is 0 Å². The van der Waals surface area contributed by atoms with E-state index in [-0.39, 0.29) is 35.3 Å². The average molecular weight is 568 g/mol. The van der Waals surface area contributed by atoms with Crippen molar-refractivity contribution in [2.45, 2.75) is 89.0 Å². The van der Waals surface area contributed by atoms with Crippen molar-refractivity contribution in [3.05, 3.63) is 53.4 Å². The van der Waals surface area contributed by atoms with Crippen LogP contribution in [0.3, 0.4) is 0 Å². The van der Waals surface area contributed by atoms with Gasteiger partial charge < -0.3 is 13.6 Å². The molecule has 0 aliphatic rings. The second kappa shape index (κ2) is 25.4. The minimum atomic E-state index is -2.03. The maximum atomic E-state index is 10.2. The molecule has 2 unspecified atom stereocenters. The molecule has 0 fully saturated rings. The van der Waals surface area contributed by atoms with Crippen LogP contribution >= 0.6 is 11.3 Å². The average Bonchev–Trinajstić information content (AvgIpc) is 3.40. The first kappa shape index (κ1) is 38.2. The fraction of sp³-hybridized carbons (Fsp3) is 0.630. The van der Waals surface area contributed by atoms with E-state index in [1.54, 1.807) is 29.6 Å². The minimum absolute atomic E-state index is 0. The molecule has 9 heteroatoms. The Morgan fingerprint density at radius 2 is 1.17 bits per heavy atom. The molecule has 36 heavy (non-hydrogen) atoms. The largest absolute Gasteiger partial charge is 1.00 e. The van der Waals surface area contributed by atoms with Crippen molar-refractivity contribution in [2.75, 3.05) is 26.2 Å². The number of quaternary nitrogens is 1. The molecular weight excluding hydrogens is 521 g/mol. The van der Waals surface area contributed by atoms with E-state index < -0.39 is 22.2 Å². The predicted molar refractivity (Wildman–Crippen MR) is 150 cm³/mol. The van der Waals surface area contributed by atoms with Gasteiger partial charge in [0, 0.05) is 5.75 Å². The Kier molecular flexibility index (Phi) is 27.0. The van der Waals surface area contributed by atoms with Gasteiger partial charge in [-0.25, -0.2) is 0 Å². The van der Waals surface area contributed by atoms with Crippen molar-refractivity contribution in [3.8, 4) is 0 Å². The SMILES string of the molecule is CCCC[N+](CCCC)(CCCC)CCCC.O=S([O-])Cc1ccccc1.O=S([O-])c1cccs1.[Na+]. The Labute approximate surface area is 251 Å². The summed E-state index contributed by atoms with van der Waals surface area (Å²) in [6.45, 7) is 15.0. The quantitative estimate of drug-likeness (QED) is 0.185. The van der Waals surface area contributed by atoms with Gasteiger partial charge in [-0.1, -0.05) is 101 Å². The number of benzene rings is 1. The van der Waals surface area contributed by atoms with Crippen LogP contribution in [-0.2, 0) is 27.9 Å². The molecular formula is C27H46NNaO4S3. The summed E-state index contributed by atoms with van der Waals surface area (Å²) in [7, 11) is 0. The third kappa shape index (κ3) is 20.1. The van der Waals surface area contributed by atoms with E-state index in [9.17, 15) is 17.5 Å². The van der Waals surface area contributed by atoms with E-state index in [1.807, 2.05) is 18.2 Å². The molecule has 2 aromatic rings. The van der Waals surface area contributed by atoms with Crippen molar-refractivity contribution in [3.63, 3.8) is 0 Å². The zero-order chi connectivity index (χ0) is 26.4. The fourth-order valence-corrected chi connectivity index (χ4v) is 5.30. The second-order valence-electron chi connectivity index (χ2n) is 8.75. The molecule has 0 N–H and O–H groups in total. The van der Waals surface area contributed by atoms with Gasteiger partial charge >= 0.3 is 29.6 Å². The molecule has 1 heterocycles. The standard InChI is InChI=1S/C16H36N.C7H8O2S.C4H4O2S2.Na/c1-5-9-13-17(14-10-6-2,15-11-7-3)16-12-8-4;8-10(9)6-7-4-2-1-3-5-7;5-8(6)4-2-1-3-7-4;/h5-16H2,1-4H3;1-5H,6H2,(H,8,9);1-3H,(H,5,6);/q+1;;;+1/p-2. The summed E-state index contributed by atoms with van der Waals surface area (Å²) in [5.41, 5.74) is 0.829. The Morgan fingerprint density at radius 3 is 1.44 bits per heavy atom. The number of unbranched alkanes of at least 4 members (excludes halogenated alkanes) is 4. The van der Waals surface area contributed by atoms with E-state index in [0.29, 0.717) is 4.21 Å². The van der Waals surface area contributed by atoms with Gasteiger partial charge in [0.15, 0.2) is 0 Å². The number of hydrogen-bond acceptors (Lipinski definition) is 5. The summed E-state index contributed by atoms with van der Waals surface area (Å²) in [5.74, 6) is 0.112. The van der Waals surface area contributed by atoms with Gasteiger partial charge in [-0.2, -0.15) is 0 Å². The van der Waals surface area contributed by atoms with Crippen LogP contribution in [0.2, 0.25) is 0 Å². The number of nitrogens with zero attached hydrogens (tertiary/aromatic N) is 1. The van der Waals surface area contributed by atoms with Crippen molar-refractivity contribution in [1.29, 1.82) is 0 Å². The normalized spacial score (nSPS) is 12.3. The van der Waals surface area contributed by atoms with E-state index >= 15 is 0 Å². The molecule has 0 saturated heterocycles. The predicted octanol–water partition coefficient (Wildman–Crippen LogP) is 4.06. The molecule has 0 spiro atoms. The maximum Gasteiger partial charge on any atom is 1.00 e. The fourth-order valence-electron chi connectivity index (χ4n) is 3.71. The molecule has 1 aromatic heterocycles. The first-order valence-corrected chi connectivity index (χ1v) is 16.1. The summed E-state index contributed by atoms with van der Waals surface area (Å²) < 4.78 is 42.3. The summed E-state index contributed by atoms with van der Waals surface area (Å²) in [6.07, 6.45) is 11.1. The number of thiophene rings is 1. The molecule has 1 aromatic carbocycles. The molecule has 0 amide bonds. The van der Waals surface area contributed by atoms with Crippen LogP contribution in [0.15, 0.2) is 52.1 Å². The van der Waals surface area contributed by atoms with E-state index in [1.165, 1.54) is 93.4 Å². The molecule has 2 rings (SSSR count). The van der Waals surface area contributed by atoms with E-state index in [2.05, 4.69) is 27.7 Å². The van der Waals surface area contributed by atoms with Gasteiger partial charge in [-0.05, 0) is 53.8 Å². The van der Waals surface area contributed by atoms with E-state index in [0.717, 1.165) is 5.56 Å². The van der Waals surface area contributed by atoms with Crippen molar-refractivity contribution in [1.82, 2.24) is 0 Å². The van der Waals surface area contributed by atoms with Crippen LogP contribution in [0.25, 0.3) is 0 Å². The van der Waals surface area contributed by atoms with Crippen LogP contribution in [0.5, 0.6) is 0 Å². The number of rotatable bonds is 15. The molecule has 0 aliphatic heterocycles. The van der Waals surface area contributed by atoms with Gasteiger partial charge in [0.2, 0.25) is 0 Å². The number of hydrogen-bond donors (Lipinski definition) is 0. The molecule has 2 atom stereocenters. The van der Waals surface area contributed by atoms with Crippen LogP contribution < -0.4 is 29.6 Å². The van der Waals surface area contributed by atoms with Crippen molar-refractivity contribution < 1.29 is 51.6 Å². The van der Waals surface area contributed by atoms with Gasteiger partial charge in [-0.15, -0.1) is 11.3 Å². The zero-order valence-corrected chi connectivity index (χ0v) is 27.6. The second-order valence-corrected chi connectivity index (χ2v) is 11.8. The first-order chi connectivity index (χ1) is 16.8. The summed E-state index contributed by atoms with van der Waals surface area (Å²) in [5, 5.41) is 1.73. The summed E-state index contributed by atoms with van der Waals surface area (Å²) in [4.78, 5) is 0. The zero-order valence-electron chi connectivity index (χ0n) is 23.1. The third-order valence-electron chi connectivity index (χ3n) is 5.73. The Hall–Kier alpha value is 0.1000. The topological polar surface area (TPSA) is 80.3 Å². The Morgan fingerprint density at radius 1 is 0.722 bits per heavy atom. The Bertz CT molecular complexity index is 739. The Balaban J connectivity index is 0. The third-order valence-corrected chi connectivity index (χ3v) is 8.12. The first-order valence-electron chi connectivity index (χ1n) is 12.9. The smallest absolute Gasteiger partial charge is 0.772 e. The van der Waals surface area contributed by atoms with E-state index in [4.69, 9.17) is 0 Å². The van der Waals surface area contributed by atoms with Crippen LogP contribution in [-0.4, -0.2) is 48.2 Å². The van der Waals surface area contributed by atoms with Crippen LogP contribution in [0.1, 0.15) is 84.6 Å². The molecule has 0 saturated carbocycles. The summed E-state index contributed by atoms with van der Waals surface area (Å²) >= 11 is -2.78. The molecule has 0 radical (unpaired) electrons. The van der Waals surface area contributed by atoms with Gasteiger partial charge in [0.05, 0.1) is 30.4 Å². The maximum absolute atomic E-state index is 10.2.